The van der Waals surface area contributed by atoms with Crippen molar-refractivity contribution in [3.63, 3.8) is 0 Å². The number of furan rings is 1. The normalized spacial score (nSPS) is 17.2. The van der Waals surface area contributed by atoms with Crippen molar-refractivity contribution in [2.24, 2.45) is 0 Å². The Kier molecular flexibility index (Phi) is 5.30. The Labute approximate surface area is 146 Å². The SMILES string of the molecule is Cc1ccc(C)c(N2CCN(CCC(C)c3ccc(C)o3)CC2)c1. The molecule has 2 heterocycles. The number of aryl methyl sites for hydroxylation is 3. The van der Waals surface area contributed by atoms with E-state index < -0.39 is 0 Å². The average Bonchev–Trinajstić information content (AvgIpc) is 3.02. The maximum atomic E-state index is 5.76. The van der Waals surface area contributed by atoms with Crippen molar-refractivity contribution in [1.29, 1.82) is 0 Å². The van der Waals surface area contributed by atoms with Crippen LogP contribution in [0.25, 0.3) is 0 Å². The Morgan fingerprint density at radius 1 is 1.00 bits per heavy atom. The highest BCUT2D eigenvalue weighted by atomic mass is 16.3. The fourth-order valence-electron chi connectivity index (χ4n) is 3.51. The molecule has 1 saturated heterocycles. The lowest BCUT2D eigenvalue weighted by Crippen LogP contribution is -2.47. The lowest BCUT2D eigenvalue weighted by molar-refractivity contribution is 0.246. The van der Waals surface area contributed by atoms with E-state index in [1.54, 1.807) is 0 Å². The van der Waals surface area contributed by atoms with Crippen LogP contribution in [0.2, 0.25) is 0 Å². The molecule has 1 aliphatic rings. The van der Waals surface area contributed by atoms with Gasteiger partial charge in [-0.2, -0.15) is 0 Å². The van der Waals surface area contributed by atoms with Crippen molar-refractivity contribution in [2.45, 2.75) is 40.0 Å². The smallest absolute Gasteiger partial charge is 0.107 e. The predicted octanol–water partition coefficient (Wildman–Crippen LogP) is 4.52. The largest absolute Gasteiger partial charge is 0.466 e. The molecular weight excluding hydrogens is 296 g/mol. The minimum atomic E-state index is 0.496. The molecule has 0 spiro atoms. The van der Waals surface area contributed by atoms with Crippen LogP contribution in [0, 0.1) is 20.8 Å². The fraction of sp³-hybridized carbons (Fsp3) is 0.524. The van der Waals surface area contributed by atoms with Crippen molar-refractivity contribution in [2.75, 3.05) is 37.6 Å². The zero-order valence-electron chi connectivity index (χ0n) is 15.5. The van der Waals surface area contributed by atoms with Gasteiger partial charge in [0.25, 0.3) is 0 Å². The summed E-state index contributed by atoms with van der Waals surface area (Å²) >= 11 is 0. The Balaban J connectivity index is 1.49. The summed E-state index contributed by atoms with van der Waals surface area (Å²) in [5, 5.41) is 0. The first-order valence-electron chi connectivity index (χ1n) is 9.14. The van der Waals surface area contributed by atoms with Gasteiger partial charge in [-0.15, -0.1) is 0 Å². The summed E-state index contributed by atoms with van der Waals surface area (Å²) in [6.07, 6.45) is 1.16. The molecule has 1 aromatic carbocycles. The molecule has 1 atom stereocenters. The molecule has 0 amide bonds. The van der Waals surface area contributed by atoms with Gasteiger partial charge in [-0.1, -0.05) is 19.1 Å². The lowest BCUT2D eigenvalue weighted by atomic mass is 10.0. The molecule has 0 radical (unpaired) electrons. The van der Waals surface area contributed by atoms with E-state index in [1.165, 1.54) is 16.8 Å². The Morgan fingerprint density at radius 2 is 1.75 bits per heavy atom. The molecule has 0 bridgehead atoms. The first-order chi connectivity index (χ1) is 11.5. The minimum absolute atomic E-state index is 0.496. The molecule has 1 fully saturated rings. The van der Waals surface area contributed by atoms with Crippen LogP contribution < -0.4 is 4.90 Å². The van der Waals surface area contributed by atoms with E-state index in [-0.39, 0.29) is 0 Å². The molecule has 1 unspecified atom stereocenters. The topological polar surface area (TPSA) is 19.6 Å². The molecule has 1 aliphatic heterocycles. The number of nitrogens with zero attached hydrogens (tertiary/aromatic N) is 2. The number of hydrogen-bond donors (Lipinski definition) is 0. The van der Waals surface area contributed by atoms with Crippen LogP contribution in [0.1, 0.15) is 41.9 Å². The predicted molar refractivity (Wildman–Crippen MR) is 101 cm³/mol. The molecule has 0 N–H and O–H groups in total. The zero-order chi connectivity index (χ0) is 17.1. The van der Waals surface area contributed by atoms with Gasteiger partial charge >= 0.3 is 0 Å². The van der Waals surface area contributed by atoms with Crippen LogP contribution in [0.3, 0.4) is 0 Å². The quantitative estimate of drug-likeness (QED) is 0.805. The van der Waals surface area contributed by atoms with Crippen LogP contribution in [0.15, 0.2) is 34.7 Å². The number of piperazine rings is 1. The number of anilines is 1. The molecule has 3 heteroatoms. The van der Waals surface area contributed by atoms with Crippen LogP contribution in [0.5, 0.6) is 0 Å². The molecule has 0 aliphatic carbocycles. The highest BCUT2D eigenvalue weighted by Crippen LogP contribution is 2.24. The van der Waals surface area contributed by atoms with Gasteiger partial charge in [0.05, 0.1) is 0 Å². The van der Waals surface area contributed by atoms with Crippen LogP contribution in [-0.2, 0) is 0 Å². The van der Waals surface area contributed by atoms with Crippen LogP contribution in [-0.4, -0.2) is 37.6 Å². The van der Waals surface area contributed by atoms with Gasteiger partial charge < -0.3 is 9.32 Å². The molecule has 1 aromatic heterocycles. The summed E-state index contributed by atoms with van der Waals surface area (Å²) in [5.41, 5.74) is 4.14. The van der Waals surface area contributed by atoms with Crippen molar-refractivity contribution in [3.05, 3.63) is 53.0 Å². The first kappa shape index (κ1) is 17.1. The third kappa shape index (κ3) is 4.02. The zero-order valence-corrected chi connectivity index (χ0v) is 15.5. The lowest BCUT2D eigenvalue weighted by Gasteiger charge is -2.37. The van der Waals surface area contributed by atoms with E-state index in [4.69, 9.17) is 4.42 Å². The molecule has 3 nitrogen and oxygen atoms in total. The molecule has 3 rings (SSSR count). The second-order valence-electron chi connectivity index (χ2n) is 7.26. The van der Waals surface area contributed by atoms with Crippen molar-refractivity contribution >= 4 is 5.69 Å². The third-order valence-electron chi connectivity index (χ3n) is 5.20. The standard InChI is InChI=1S/C21H30N2O/c1-16-5-6-17(2)20(15-16)23-13-11-22(12-14-23)10-9-18(3)21-8-7-19(4)24-21/h5-8,15,18H,9-14H2,1-4H3. The Morgan fingerprint density at radius 3 is 2.42 bits per heavy atom. The van der Waals surface area contributed by atoms with E-state index >= 15 is 0 Å². The summed E-state index contributed by atoms with van der Waals surface area (Å²) in [5.74, 6) is 2.64. The second kappa shape index (κ2) is 7.43. The van der Waals surface area contributed by atoms with Gasteiger partial charge in [0.15, 0.2) is 0 Å². The maximum absolute atomic E-state index is 5.76. The Hall–Kier alpha value is -1.74. The summed E-state index contributed by atoms with van der Waals surface area (Å²) in [7, 11) is 0. The van der Waals surface area contributed by atoms with E-state index in [2.05, 4.69) is 60.9 Å². The maximum Gasteiger partial charge on any atom is 0.107 e. The van der Waals surface area contributed by atoms with Crippen LogP contribution >= 0.6 is 0 Å². The van der Waals surface area contributed by atoms with Crippen LogP contribution in [0.4, 0.5) is 5.69 Å². The second-order valence-corrected chi connectivity index (χ2v) is 7.26. The molecule has 2 aromatic rings. The van der Waals surface area contributed by atoms with E-state index in [1.807, 2.05) is 6.92 Å². The minimum Gasteiger partial charge on any atom is -0.466 e. The van der Waals surface area contributed by atoms with Gasteiger partial charge in [0.2, 0.25) is 0 Å². The highest BCUT2D eigenvalue weighted by molar-refractivity contribution is 5.55. The van der Waals surface area contributed by atoms with Crippen molar-refractivity contribution < 1.29 is 4.42 Å². The van der Waals surface area contributed by atoms with Crippen molar-refractivity contribution in [3.8, 4) is 0 Å². The average molecular weight is 326 g/mol. The Bertz CT molecular complexity index is 668. The number of hydrogen-bond acceptors (Lipinski definition) is 3. The molecule has 130 valence electrons. The van der Waals surface area contributed by atoms with Gasteiger partial charge in [0, 0.05) is 37.8 Å². The van der Waals surface area contributed by atoms with E-state index in [0.717, 1.165) is 50.7 Å². The summed E-state index contributed by atoms with van der Waals surface area (Å²) in [4.78, 5) is 5.13. The third-order valence-corrected chi connectivity index (χ3v) is 5.20. The summed E-state index contributed by atoms with van der Waals surface area (Å²) in [6.45, 7) is 14.4. The van der Waals surface area contributed by atoms with E-state index in [9.17, 15) is 0 Å². The summed E-state index contributed by atoms with van der Waals surface area (Å²) in [6, 6.07) is 11.0. The van der Waals surface area contributed by atoms with Gasteiger partial charge in [-0.3, -0.25) is 4.90 Å². The summed E-state index contributed by atoms with van der Waals surface area (Å²) < 4.78 is 5.76. The van der Waals surface area contributed by atoms with E-state index in [0.29, 0.717) is 5.92 Å². The first-order valence-corrected chi connectivity index (χ1v) is 9.14. The van der Waals surface area contributed by atoms with Gasteiger partial charge in [-0.05, 0) is 63.1 Å². The monoisotopic (exact) mass is 326 g/mol. The molecular formula is C21H30N2O. The van der Waals surface area contributed by atoms with Gasteiger partial charge in [-0.25, -0.2) is 0 Å². The number of rotatable bonds is 5. The van der Waals surface area contributed by atoms with Crippen molar-refractivity contribution in [1.82, 2.24) is 4.90 Å². The molecule has 24 heavy (non-hydrogen) atoms. The highest BCUT2D eigenvalue weighted by Gasteiger charge is 2.19. The fourth-order valence-corrected chi connectivity index (χ4v) is 3.51. The van der Waals surface area contributed by atoms with Gasteiger partial charge in [0.1, 0.15) is 11.5 Å². The number of benzene rings is 1. The molecule has 0 saturated carbocycles.